The zero-order chi connectivity index (χ0) is 93.8. The molecule has 0 aromatic rings. The fourth-order valence-corrected chi connectivity index (χ4v) is 7.75. The Morgan fingerprint density at radius 2 is 0.678 bits per heavy atom. The van der Waals surface area contributed by atoms with E-state index in [0.29, 0.717) is 89.9 Å². The predicted molar refractivity (Wildman–Crippen MR) is 477 cm³/mol. The van der Waals surface area contributed by atoms with Gasteiger partial charge in [0, 0.05) is 95.2 Å². The molecule has 0 aromatic heterocycles. The van der Waals surface area contributed by atoms with E-state index in [4.69, 9.17) is 38.4 Å². The van der Waals surface area contributed by atoms with Crippen molar-refractivity contribution in [3.05, 3.63) is 62.3 Å². The summed E-state index contributed by atoms with van der Waals surface area (Å²) < 4.78 is 47.5. The Hall–Kier alpha value is -7.55. The quantitative estimate of drug-likeness (QED) is 0.0181. The maximum Gasteiger partial charge on any atom is 0.333 e. The molecule has 0 aliphatic carbocycles. The van der Waals surface area contributed by atoms with Crippen molar-refractivity contribution >= 4 is 59.7 Å². The average molecular weight is 1690 g/mol. The summed E-state index contributed by atoms with van der Waals surface area (Å²) in [4.78, 5) is 130. The van der Waals surface area contributed by atoms with Crippen LogP contribution >= 0.6 is 0 Å². The van der Waals surface area contributed by atoms with Gasteiger partial charge in [0.25, 0.3) is 0 Å². The van der Waals surface area contributed by atoms with E-state index in [1.165, 1.54) is 33.3 Å². The Morgan fingerprint density at radius 3 is 0.941 bits per heavy atom. The first-order chi connectivity index (χ1) is 55.4. The molecular formula is C86H172N12O20. The maximum atomic E-state index is 11.1. The van der Waals surface area contributed by atoms with Crippen molar-refractivity contribution in [2.75, 3.05) is 289 Å². The summed E-state index contributed by atoms with van der Waals surface area (Å²) >= 11 is 0. The number of carbonyl (C=O) groups excluding carboxylic acids is 10. The molecular weight excluding hydrogens is 1520 g/mol. The second kappa shape index (κ2) is 102. The van der Waals surface area contributed by atoms with Gasteiger partial charge in [0.05, 0.1) is 72.0 Å². The lowest BCUT2D eigenvalue weighted by Gasteiger charge is -2.19. The molecule has 1 atom stereocenters. The van der Waals surface area contributed by atoms with Crippen molar-refractivity contribution in [3.8, 4) is 6.07 Å². The van der Waals surface area contributed by atoms with Crippen molar-refractivity contribution in [2.45, 2.75) is 143 Å². The van der Waals surface area contributed by atoms with Crippen LogP contribution in [0.25, 0.3) is 0 Å². The summed E-state index contributed by atoms with van der Waals surface area (Å²) in [6.45, 7) is 69.7. The van der Waals surface area contributed by atoms with Gasteiger partial charge in [0.15, 0.2) is 0 Å². The van der Waals surface area contributed by atoms with Gasteiger partial charge in [-0.3, -0.25) is 33.8 Å². The Kier molecular flexibility index (Phi) is 115. The van der Waals surface area contributed by atoms with Gasteiger partial charge in [-0.05, 0) is 197 Å². The van der Waals surface area contributed by atoms with Gasteiger partial charge >= 0.3 is 59.7 Å². The highest BCUT2D eigenvalue weighted by molar-refractivity contribution is 5.87. The SMILES string of the molecule is C=C(C)C(=O)OCCN(C)C.C=C(C)C(=O)OCCN(CC)CC.C=CC(=O)OCCCN(C)C.C=CC(=O)OCCN(C)C.C=CC(=O)OCCN(CC)CC.CC(=O)OCCN(C)C.CCCN(CCC)CCC(=O)OCC.CCN(CC)CC(=O)OC.CCOC(=O)CCN(CC)CC.CN(C)CC#N.COC(=O)C(C)CN(C)C. The van der Waals surface area contributed by atoms with E-state index < -0.39 is 0 Å². The summed E-state index contributed by atoms with van der Waals surface area (Å²) in [5.74, 6) is -2.38. The van der Waals surface area contributed by atoms with E-state index in [9.17, 15) is 47.9 Å². The summed E-state index contributed by atoms with van der Waals surface area (Å²) in [5.41, 5.74) is 0.906. The molecule has 0 aromatic carbocycles. The molecule has 0 aliphatic rings. The van der Waals surface area contributed by atoms with E-state index in [1.807, 2.05) is 160 Å². The van der Waals surface area contributed by atoms with Crippen LogP contribution in [0.4, 0.5) is 0 Å². The number of esters is 10. The minimum absolute atomic E-state index is 0.0278. The predicted octanol–water partition coefficient (Wildman–Crippen LogP) is 8.50. The molecule has 0 spiro atoms. The summed E-state index contributed by atoms with van der Waals surface area (Å²) in [6.07, 6.45) is 7.70. The lowest BCUT2D eigenvalue weighted by Crippen LogP contribution is -2.29. The van der Waals surface area contributed by atoms with Crippen LogP contribution in [-0.2, 0) is 95.3 Å². The Bertz CT molecular complexity index is 2500. The number of rotatable bonds is 50. The summed E-state index contributed by atoms with van der Waals surface area (Å²) in [6, 6.07) is 1.99. The lowest BCUT2D eigenvalue weighted by molar-refractivity contribution is -0.145. The standard InChI is InChI=1S/C11H23NO2.C10H19NO2.C9H19NO2.C9H17NO2.2C8H15NO2.C7H15NO2.C7H13NO2.C7H15NO2.C6H13NO2.C4H8N2/c1-4-8-12(9-5-2)10-7-11(13)14-6-3;1-5-11(6-2)7-8-13-10(12)9(3)4;1-4-10(5-2)8-7-9(11)12-6-3;1-4-9(11)12-8-7-10(5-2)6-3;1-7(2)8(10)11-6-5-9(3)4;1-4-8(10)11-7-5-6-9(2)3;1-6(5-8(2)3)7(9)10-4;1-4-7(9)10-6-5-8(2)3;1-4-8(5-2)6-7(9)10-3;1-6(8)9-5-4-7(2)3;1-6(2)4-3-5/h4-10H2,1-3H3;3,5-8H2,1-2,4H3;4-8H2,1-3H3;4H,1,5-8H2,2-3H3;1,5-6H2,2-4H3;4H,1,5-7H2,2-3H3;6H,5H2,1-4H3;4H,1,5-6H2,2-3H3;4-6H2,1-3H3;4-5H2,1-3H3;4H2,1-2H3. The van der Waals surface area contributed by atoms with Gasteiger partial charge in [-0.2, -0.15) is 5.26 Å². The van der Waals surface area contributed by atoms with E-state index >= 15 is 0 Å². The normalized spacial score (nSPS) is 10.2. The van der Waals surface area contributed by atoms with E-state index in [1.54, 1.807) is 13.8 Å². The van der Waals surface area contributed by atoms with Crippen LogP contribution in [0, 0.1) is 17.2 Å². The molecule has 0 fully saturated rings. The minimum Gasteiger partial charge on any atom is -0.469 e. The number of likely N-dealkylation sites (N-methyl/N-ethyl adjacent to an activating group) is 6. The highest BCUT2D eigenvalue weighted by Gasteiger charge is 2.14. The van der Waals surface area contributed by atoms with Crippen molar-refractivity contribution in [1.82, 2.24) is 53.9 Å². The van der Waals surface area contributed by atoms with E-state index in [-0.39, 0.29) is 65.6 Å². The molecule has 1 unspecified atom stereocenters. The molecule has 0 bridgehead atoms. The number of nitrogens with zero attached hydrogens (tertiary/aromatic N) is 12. The van der Waals surface area contributed by atoms with Crippen LogP contribution in [-0.4, -0.2) is 403 Å². The Morgan fingerprint density at radius 1 is 0.364 bits per heavy atom. The largest absolute Gasteiger partial charge is 0.469 e. The van der Waals surface area contributed by atoms with Gasteiger partial charge in [0.1, 0.15) is 33.0 Å². The second-order valence-electron chi connectivity index (χ2n) is 27.0. The molecule has 696 valence electrons. The van der Waals surface area contributed by atoms with Gasteiger partial charge in [-0.25, -0.2) is 24.0 Å². The van der Waals surface area contributed by atoms with Crippen LogP contribution < -0.4 is 0 Å². The first kappa shape index (κ1) is 134. The van der Waals surface area contributed by atoms with Gasteiger partial charge in [-0.1, -0.05) is 109 Å². The molecule has 32 nitrogen and oxygen atoms in total. The highest BCUT2D eigenvalue weighted by Crippen LogP contribution is 2.01. The fraction of sp³-hybridized carbons (Fsp3) is 0.756. The van der Waals surface area contributed by atoms with Crippen molar-refractivity contribution in [2.24, 2.45) is 5.92 Å². The van der Waals surface area contributed by atoms with Crippen LogP contribution in [0.1, 0.15) is 143 Å². The molecule has 0 aliphatic heterocycles. The zero-order valence-electron chi connectivity index (χ0n) is 79.9. The van der Waals surface area contributed by atoms with Crippen LogP contribution in [0.5, 0.6) is 0 Å². The lowest BCUT2D eigenvalue weighted by atomic mass is 10.2. The summed E-state index contributed by atoms with van der Waals surface area (Å²) in [7, 11) is 25.9. The minimum atomic E-state index is -0.359. The van der Waals surface area contributed by atoms with Gasteiger partial charge in [-0.15, -0.1) is 0 Å². The third kappa shape index (κ3) is 124. The molecule has 0 saturated heterocycles. The Balaban J connectivity index is -0.000000119. The molecule has 0 rings (SSSR count). The van der Waals surface area contributed by atoms with E-state index in [2.05, 4.69) is 122 Å². The van der Waals surface area contributed by atoms with E-state index in [0.717, 1.165) is 150 Å². The van der Waals surface area contributed by atoms with Crippen molar-refractivity contribution in [1.29, 1.82) is 5.26 Å². The van der Waals surface area contributed by atoms with Crippen LogP contribution in [0.15, 0.2) is 62.3 Å². The third-order valence-electron chi connectivity index (χ3n) is 14.6. The fourth-order valence-electron chi connectivity index (χ4n) is 7.75. The number of methoxy groups -OCH3 is 2. The molecule has 0 amide bonds. The van der Waals surface area contributed by atoms with Gasteiger partial charge < -0.3 is 91.5 Å². The molecule has 118 heavy (non-hydrogen) atoms. The highest BCUT2D eigenvalue weighted by atomic mass is 16.6. The molecule has 32 heteroatoms. The first-order valence-corrected chi connectivity index (χ1v) is 40.9. The zero-order valence-corrected chi connectivity index (χ0v) is 79.9. The number of ether oxygens (including phenoxy) is 10. The number of hydrogen-bond donors (Lipinski definition) is 0. The second-order valence-corrected chi connectivity index (χ2v) is 27.0. The Labute approximate surface area is 717 Å². The average Bonchev–Trinajstić information content (AvgIpc) is 1.02. The molecule has 0 saturated carbocycles. The number of hydrogen-bond acceptors (Lipinski definition) is 32. The van der Waals surface area contributed by atoms with Crippen molar-refractivity contribution in [3.63, 3.8) is 0 Å². The van der Waals surface area contributed by atoms with Crippen LogP contribution in [0.2, 0.25) is 0 Å². The van der Waals surface area contributed by atoms with Gasteiger partial charge in [0.2, 0.25) is 0 Å². The van der Waals surface area contributed by atoms with Crippen LogP contribution in [0.3, 0.4) is 0 Å². The smallest absolute Gasteiger partial charge is 0.333 e. The number of carbonyl (C=O) groups is 10. The number of nitriles is 1. The molecule has 0 radical (unpaired) electrons. The summed E-state index contributed by atoms with van der Waals surface area (Å²) in [5, 5.41) is 7.94. The molecule has 0 heterocycles. The van der Waals surface area contributed by atoms with Crippen molar-refractivity contribution < 1.29 is 95.3 Å². The molecule has 0 N–H and O–H groups in total. The first-order valence-electron chi connectivity index (χ1n) is 40.9. The third-order valence-corrected chi connectivity index (χ3v) is 14.6. The monoisotopic (exact) mass is 1690 g/mol. The topological polar surface area (TPSA) is 322 Å². The maximum absolute atomic E-state index is 11.1.